The fourth-order valence-electron chi connectivity index (χ4n) is 7.03. The molecule has 4 fully saturated rings. The fraction of sp³-hybridized carbons (Fsp3) is 0.893. The summed E-state index contributed by atoms with van der Waals surface area (Å²) in [4.78, 5) is 42.1. The highest BCUT2D eigenvalue weighted by atomic mass is 32.2. The maximum absolute atomic E-state index is 13.8. The van der Waals surface area contributed by atoms with Crippen LogP contribution in [0.1, 0.15) is 105 Å². The third kappa shape index (κ3) is 6.31. The van der Waals surface area contributed by atoms with Gasteiger partial charge in [0.05, 0.1) is 16.5 Å². The molecule has 0 radical (unpaired) electrons. The van der Waals surface area contributed by atoms with Crippen molar-refractivity contribution >= 4 is 27.7 Å². The molecule has 38 heavy (non-hydrogen) atoms. The highest BCUT2D eigenvalue weighted by Crippen LogP contribution is 2.40. The Morgan fingerprint density at radius 1 is 1.03 bits per heavy atom. The second-order valence-electron chi connectivity index (χ2n) is 13.2. The van der Waals surface area contributed by atoms with Gasteiger partial charge in [0.1, 0.15) is 12.1 Å². The minimum absolute atomic E-state index is 0.0934. The van der Waals surface area contributed by atoms with Crippen LogP contribution in [0.15, 0.2) is 0 Å². The van der Waals surface area contributed by atoms with Crippen molar-refractivity contribution in [3.63, 3.8) is 0 Å². The molecule has 0 aromatic carbocycles. The van der Waals surface area contributed by atoms with Crippen LogP contribution in [0.5, 0.6) is 0 Å². The van der Waals surface area contributed by atoms with Crippen molar-refractivity contribution in [2.24, 2.45) is 11.3 Å². The highest BCUT2D eigenvalue weighted by molar-refractivity contribution is 7.92. The molecule has 2 saturated carbocycles. The molecule has 2 heterocycles. The maximum Gasteiger partial charge on any atom is 0.315 e. The number of nitrogens with one attached hydrogen (secondary N) is 3. The molecule has 10 heteroatoms. The summed E-state index contributed by atoms with van der Waals surface area (Å²) in [5.74, 6) is 0.365. The van der Waals surface area contributed by atoms with Gasteiger partial charge in [-0.1, -0.05) is 53.4 Å². The molecule has 2 saturated heterocycles. The molecule has 0 spiro atoms. The zero-order chi connectivity index (χ0) is 27.7. The van der Waals surface area contributed by atoms with E-state index in [1.807, 2.05) is 20.8 Å². The molecule has 0 aromatic rings. The summed E-state index contributed by atoms with van der Waals surface area (Å²) in [6.45, 7) is 8.34. The van der Waals surface area contributed by atoms with E-state index in [9.17, 15) is 22.8 Å². The van der Waals surface area contributed by atoms with Gasteiger partial charge in [0.2, 0.25) is 11.8 Å². The number of sulfone groups is 1. The Hall–Kier alpha value is -1.84. The SMILES string of the molecule is CCC[C@@H]1C[C@@H]1NC(=O)[C@@H]1CCCN1C(=O)[C@@H](NC(=O)NC1([C@H]2CCCS2(=O)=O)CCCCC1)C(C)(C)C. The molecule has 0 bridgehead atoms. The quantitative estimate of drug-likeness (QED) is 0.426. The number of hydrogen-bond acceptors (Lipinski definition) is 5. The van der Waals surface area contributed by atoms with E-state index in [1.165, 1.54) is 0 Å². The Bertz CT molecular complexity index is 1000. The predicted molar refractivity (Wildman–Crippen MR) is 147 cm³/mol. The first-order valence-corrected chi connectivity index (χ1v) is 16.5. The number of carbonyl (C=O) groups is 3. The second-order valence-corrected chi connectivity index (χ2v) is 15.5. The molecule has 4 rings (SSSR count). The Morgan fingerprint density at radius 3 is 2.34 bits per heavy atom. The van der Waals surface area contributed by atoms with Crippen molar-refractivity contribution in [3.05, 3.63) is 0 Å². The molecule has 216 valence electrons. The third-order valence-corrected chi connectivity index (χ3v) is 11.6. The van der Waals surface area contributed by atoms with Crippen LogP contribution >= 0.6 is 0 Å². The number of carbonyl (C=O) groups excluding carboxylic acids is 3. The van der Waals surface area contributed by atoms with Crippen molar-refractivity contribution in [1.29, 1.82) is 0 Å². The Labute approximate surface area is 228 Å². The van der Waals surface area contributed by atoms with E-state index in [4.69, 9.17) is 0 Å². The lowest BCUT2D eigenvalue weighted by atomic mass is 9.78. The normalized spacial score (nSPS) is 30.9. The second kappa shape index (κ2) is 11.3. The standard InChI is InChI=1S/C28H48N4O5S/c1-5-11-19-18-20(19)29-24(33)21-12-9-16-32(21)25(34)23(27(2,3)4)30-26(35)31-28(14-7-6-8-15-28)22-13-10-17-38(22,36)37/h19-23H,5-18H2,1-4H3,(H,29,33)(H2,30,31,35)/t19-,20+,21+,22-,23-/m1/s1. The smallest absolute Gasteiger partial charge is 0.315 e. The van der Waals surface area contributed by atoms with Crippen molar-refractivity contribution in [2.75, 3.05) is 12.3 Å². The van der Waals surface area contributed by atoms with Gasteiger partial charge in [-0.3, -0.25) is 9.59 Å². The largest absolute Gasteiger partial charge is 0.351 e. The summed E-state index contributed by atoms with van der Waals surface area (Å²) >= 11 is 0. The van der Waals surface area contributed by atoms with Gasteiger partial charge >= 0.3 is 6.03 Å². The predicted octanol–water partition coefficient (Wildman–Crippen LogP) is 3.28. The summed E-state index contributed by atoms with van der Waals surface area (Å²) in [6, 6.07) is -1.65. The summed E-state index contributed by atoms with van der Waals surface area (Å²) in [6.07, 6.45) is 9.80. The summed E-state index contributed by atoms with van der Waals surface area (Å²) in [5, 5.41) is 8.58. The average Bonchev–Trinajstić information content (AvgIpc) is 3.22. The molecule has 5 atom stereocenters. The molecule has 9 nitrogen and oxygen atoms in total. The van der Waals surface area contributed by atoms with Crippen LogP contribution in [0, 0.1) is 11.3 Å². The first-order valence-electron chi connectivity index (χ1n) is 14.8. The average molecular weight is 553 g/mol. The monoisotopic (exact) mass is 552 g/mol. The van der Waals surface area contributed by atoms with E-state index < -0.39 is 44.2 Å². The number of likely N-dealkylation sites (tertiary alicyclic amines) is 1. The fourth-order valence-corrected chi connectivity index (χ4v) is 9.39. The molecule has 3 N–H and O–H groups in total. The highest BCUT2D eigenvalue weighted by Gasteiger charge is 2.50. The molecule has 4 amide bonds. The first-order chi connectivity index (χ1) is 17.9. The summed E-state index contributed by atoms with van der Waals surface area (Å²) in [5.41, 5.74) is -1.39. The van der Waals surface area contributed by atoms with E-state index in [1.54, 1.807) is 4.90 Å². The van der Waals surface area contributed by atoms with Crippen LogP contribution in [-0.2, 0) is 19.4 Å². The third-order valence-electron chi connectivity index (χ3n) is 9.19. The van der Waals surface area contributed by atoms with E-state index in [-0.39, 0.29) is 23.6 Å². The van der Waals surface area contributed by atoms with Gasteiger partial charge in [0.15, 0.2) is 9.84 Å². The van der Waals surface area contributed by atoms with Crippen molar-refractivity contribution in [1.82, 2.24) is 20.9 Å². The molecule has 2 aliphatic carbocycles. The Morgan fingerprint density at radius 2 is 1.74 bits per heavy atom. The van der Waals surface area contributed by atoms with Crippen molar-refractivity contribution in [2.45, 2.75) is 134 Å². The number of hydrogen-bond donors (Lipinski definition) is 3. The van der Waals surface area contributed by atoms with Crippen LogP contribution in [0.4, 0.5) is 4.79 Å². The van der Waals surface area contributed by atoms with Gasteiger partial charge in [0.25, 0.3) is 0 Å². The zero-order valence-electron chi connectivity index (χ0n) is 23.7. The lowest BCUT2D eigenvalue weighted by Crippen LogP contribution is -2.64. The van der Waals surface area contributed by atoms with E-state index in [0.29, 0.717) is 44.6 Å². The van der Waals surface area contributed by atoms with Crippen molar-refractivity contribution in [3.8, 4) is 0 Å². The maximum atomic E-state index is 13.8. The number of rotatable bonds is 8. The molecule has 4 aliphatic rings. The van der Waals surface area contributed by atoms with Gasteiger partial charge in [-0.2, -0.15) is 0 Å². The van der Waals surface area contributed by atoms with Crippen LogP contribution < -0.4 is 16.0 Å². The minimum Gasteiger partial charge on any atom is -0.351 e. The van der Waals surface area contributed by atoms with Gasteiger partial charge in [-0.25, -0.2) is 13.2 Å². The lowest BCUT2D eigenvalue weighted by Gasteiger charge is -2.43. The van der Waals surface area contributed by atoms with Gasteiger partial charge in [-0.05, 0) is 62.7 Å². The van der Waals surface area contributed by atoms with Crippen LogP contribution in [-0.4, -0.2) is 72.4 Å². The van der Waals surface area contributed by atoms with Crippen molar-refractivity contribution < 1.29 is 22.8 Å². The minimum atomic E-state index is -3.27. The molecule has 0 aromatic heterocycles. The van der Waals surface area contributed by atoms with Crippen LogP contribution in [0.3, 0.4) is 0 Å². The number of nitrogens with zero attached hydrogens (tertiary/aromatic N) is 1. The molecular weight excluding hydrogens is 504 g/mol. The van der Waals surface area contributed by atoms with E-state index in [0.717, 1.165) is 44.9 Å². The molecular formula is C28H48N4O5S. The topological polar surface area (TPSA) is 125 Å². The van der Waals surface area contributed by atoms with E-state index >= 15 is 0 Å². The van der Waals surface area contributed by atoms with E-state index in [2.05, 4.69) is 22.9 Å². The van der Waals surface area contributed by atoms with Crippen LogP contribution in [0.2, 0.25) is 0 Å². The molecule has 2 aliphatic heterocycles. The molecule has 0 unspecified atom stereocenters. The summed E-state index contributed by atoms with van der Waals surface area (Å²) in [7, 11) is -3.27. The Balaban J connectivity index is 1.45. The van der Waals surface area contributed by atoms with Gasteiger partial charge in [-0.15, -0.1) is 0 Å². The lowest BCUT2D eigenvalue weighted by molar-refractivity contribution is -0.141. The Kier molecular flexibility index (Phi) is 8.70. The zero-order valence-corrected chi connectivity index (χ0v) is 24.5. The van der Waals surface area contributed by atoms with Crippen LogP contribution in [0.25, 0.3) is 0 Å². The number of amides is 4. The summed E-state index contributed by atoms with van der Waals surface area (Å²) < 4.78 is 25.8. The van der Waals surface area contributed by atoms with Gasteiger partial charge in [0, 0.05) is 12.6 Å². The van der Waals surface area contributed by atoms with Gasteiger partial charge < -0.3 is 20.9 Å². The number of urea groups is 1. The first kappa shape index (κ1) is 29.2.